The summed E-state index contributed by atoms with van der Waals surface area (Å²) >= 11 is 11.8. The predicted octanol–water partition coefficient (Wildman–Crippen LogP) is 4.28. The van der Waals surface area contributed by atoms with Crippen LogP contribution in [0.5, 0.6) is 5.75 Å². The molecule has 0 heterocycles. The van der Waals surface area contributed by atoms with Crippen LogP contribution in [0.3, 0.4) is 0 Å². The molecule has 2 rings (SSSR count). The number of benzene rings is 2. The first kappa shape index (κ1) is 17.8. The van der Waals surface area contributed by atoms with Gasteiger partial charge in [-0.15, -0.1) is 0 Å². The van der Waals surface area contributed by atoms with E-state index in [-0.39, 0.29) is 12.2 Å². The lowest BCUT2D eigenvalue weighted by Gasteiger charge is -2.08. The van der Waals surface area contributed by atoms with E-state index in [0.29, 0.717) is 21.9 Å². The second kappa shape index (κ2) is 7.86. The fourth-order valence-corrected chi connectivity index (χ4v) is 2.13. The number of rotatable bonds is 6. The summed E-state index contributed by atoms with van der Waals surface area (Å²) in [6, 6.07) is 11.3. The Balaban J connectivity index is 2.10. The van der Waals surface area contributed by atoms with Gasteiger partial charge < -0.3 is 14.9 Å². The molecule has 2 aromatic rings. The average molecular weight is 367 g/mol. The molecular weight excluding hydrogens is 355 g/mol. The third-order valence-electron chi connectivity index (χ3n) is 2.99. The third-order valence-corrected chi connectivity index (χ3v) is 3.73. The van der Waals surface area contributed by atoms with E-state index in [0.717, 1.165) is 5.56 Å². The molecule has 24 heavy (non-hydrogen) atoms. The van der Waals surface area contributed by atoms with Gasteiger partial charge in [0.15, 0.2) is 5.78 Å². The number of allylic oxidation sites excluding steroid dienone is 1. The van der Waals surface area contributed by atoms with E-state index < -0.39 is 17.5 Å². The molecule has 0 aliphatic rings. The Morgan fingerprint density at radius 3 is 2.46 bits per heavy atom. The third kappa shape index (κ3) is 4.75. The first-order valence-corrected chi connectivity index (χ1v) is 7.47. The van der Waals surface area contributed by atoms with Gasteiger partial charge in [0, 0.05) is 11.6 Å². The highest BCUT2D eigenvalue weighted by Gasteiger charge is 2.10. The van der Waals surface area contributed by atoms with Crippen LogP contribution in [0.25, 0.3) is 0 Å². The molecule has 2 aromatic carbocycles. The van der Waals surface area contributed by atoms with Crippen molar-refractivity contribution < 1.29 is 24.5 Å². The fraction of sp³-hybridized carbons (Fsp3) is 0.0588. The van der Waals surface area contributed by atoms with Gasteiger partial charge in [0.1, 0.15) is 12.4 Å². The summed E-state index contributed by atoms with van der Waals surface area (Å²) in [7, 11) is 0. The van der Waals surface area contributed by atoms with Gasteiger partial charge in [-0.3, -0.25) is 4.79 Å². The summed E-state index contributed by atoms with van der Waals surface area (Å²) in [6.07, 6.45) is 0.639. The molecular formula is C17H12Cl2O5. The van der Waals surface area contributed by atoms with Gasteiger partial charge in [-0.05, 0) is 29.8 Å². The second-order valence-electron chi connectivity index (χ2n) is 4.76. The van der Waals surface area contributed by atoms with E-state index in [1.54, 1.807) is 30.3 Å². The van der Waals surface area contributed by atoms with Crippen molar-refractivity contribution in [2.24, 2.45) is 0 Å². The molecule has 0 aromatic heterocycles. The van der Waals surface area contributed by atoms with Crippen molar-refractivity contribution in [2.75, 3.05) is 0 Å². The number of hydrogen-bond acceptors (Lipinski definition) is 4. The highest BCUT2D eigenvalue weighted by atomic mass is 35.5. The Morgan fingerprint density at radius 2 is 1.79 bits per heavy atom. The van der Waals surface area contributed by atoms with Crippen LogP contribution in [0.2, 0.25) is 10.0 Å². The van der Waals surface area contributed by atoms with Gasteiger partial charge in [-0.25, -0.2) is 4.79 Å². The van der Waals surface area contributed by atoms with Crippen molar-refractivity contribution >= 4 is 35.0 Å². The molecule has 0 saturated carbocycles. The summed E-state index contributed by atoms with van der Waals surface area (Å²) in [5.74, 6) is -2.83. The molecule has 2 N–H and O–H groups in total. The van der Waals surface area contributed by atoms with E-state index in [1.807, 2.05) is 0 Å². The molecule has 0 radical (unpaired) electrons. The van der Waals surface area contributed by atoms with Crippen LogP contribution in [0.1, 0.15) is 15.9 Å². The number of aliphatic hydroxyl groups is 1. The molecule has 5 nitrogen and oxygen atoms in total. The number of halogens is 2. The van der Waals surface area contributed by atoms with Gasteiger partial charge >= 0.3 is 5.97 Å². The first-order chi connectivity index (χ1) is 11.4. The maximum Gasteiger partial charge on any atom is 0.371 e. The number of aliphatic carboxylic acids is 1. The normalized spacial score (nSPS) is 11.2. The van der Waals surface area contributed by atoms with Gasteiger partial charge in [-0.1, -0.05) is 41.4 Å². The zero-order valence-corrected chi connectivity index (χ0v) is 13.7. The molecule has 0 atom stereocenters. The van der Waals surface area contributed by atoms with Crippen molar-refractivity contribution in [3.63, 3.8) is 0 Å². The van der Waals surface area contributed by atoms with Crippen LogP contribution < -0.4 is 4.74 Å². The summed E-state index contributed by atoms with van der Waals surface area (Å²) in [6.45, 7) is 0.213. The topological polar surface area (TPSA) is 83.8 Å². The van der Waals surface area contributed by atoms with Crippen molar-refractivity contribution in [2.45, 2.75) is 6.61 Å². The molecule has 0 fully saturated rings. The van der Waals surface area contributed by atoms with E-state index in [9.17, 15) is 9.59 Å². The Hall–Kier alpha value is -2.50. The molecule has 0 unspecified atom stereocenters. The van der Waals surface area contributed by atoms with Crippen molar-refractivity contribution in [3.05, 3.63) is 75.5 Å². The van der Waals surface area contributed by atoms with Crippen LogP contribution in [-0.4, -0.2) is 22.0 Å². The minimum atomic E-state index is -1.57. The quantitative estimate of drug-likeness (QED) is 0.452. The number of carbonyl (C=O) groups is 2. The van der Waals surface area contributed by atoms with Gasteiger partial charge in [0.05, 0.1) is 10.0 Å². The van der Waals surface area contributed by atoms with Crippen LogP contribution in [-0.2, 0) is 11.4 Å². The van der Waals surface area contributed by atoms with Crippen LogP contribution in [0, 0.1) is 0 Å². The van der Waals surface area contributed by atoms with Crippen molar-refractivity contribution in [1.29, 1.82) is 0 Å². The Labute approximate surface area is 147 Å². The highest BCUT2D eigenvalue weighted by molar-refractivity contribution is 6.42. The van der Waals surface area contributed by atoms with E-state index in [4.69, 9.17) is 38.2 Å². The Kier molecular flexibility index (Phi) is 5.84. The number of carboxylic acid groups (broad SMARTS) is 1. The number of aliphatic hydroxyl groups excluding tert-OH is 1. The summed E-state index contributed by atoms with van der Waals surface area (Å²) in [4.78, 5) is 22.4. The molecule has 0 bridgehead atoms. The number of ether oxygens (including phenoxy) is 1. The number of carboxylic acids is 1. The van der Waals surface area contributed by atoms with Crippen LogP contribution in [0.4, 0.5) is 0 Å². The Morgan fingerprint density at radius 1 is 1.04 bits per heavy atom. The maximum absolute atomic E-state index is 11.9. The molecule has 124 valence electrons. The van der Waals surface area contributed by atoms with E-state index >= 15 is 0 Å². The molecule has 0 aliphatic heterocycles. The number of ketones is 1. The predicted molar refractivity (Wildman–Crippen MR) is 89.9 cm³/mol. The Bertz CT molecular complexity index is 814. The standard InChI is InChI=1S/C17H12Cl2O5/c18-13-5-4-10(6-14(13)19)9-24-12-3-1-2-11(7-12)15(20)8-16(21)17(22)23/h1-8,21H,9H2,(H,22,23). The van der Waals surface area contributed by atoms with Crippen LogP contribution in [0.15, 0.2) is 54.3 Å². The van der Waals surface area contributed by atoms with E-state index in [1.165, 1.54) is 12.1 Å². The zero-order chi connectivity index (χ0) is 17.7. The van der Waals surface area contributed by atoms with E-state index in [2.05, 4.69) is 0 Å². The monoisotopic (exact) mass is 366 g/mol. The summed E-state index contributed by atoms with van der Waals surface area (Å²) in [5.41, 5.74) is 0.985. The molecule has 0 saturated heterocycles. The zero-order valence-electron chi connectivity index (χ0n) is 12.2. The minimum absolute atomic E-state index is 0.189. The van der Waals surface area contributed by atoms with Gasteiger partial charge in [0.25, 0.3) is 0 Å². The lowest BCUT2D eigenvalue weighted by molar-refractivity contribution is -0.135. The molecule has 7 heteroatoms. The second-order valence-corrected chi connectivity index (χ2v) is 5.58. The summed E-state index contributed by atoms with van der Waals surface area (Å²) in [5, 5.41) is 18.5. The number of carbonyl (C=O) groups excluding carboxylic acids is 1. The van der Waals surface area contributed by atoms with Crippen LogP contribution >= 0.6 is 23.2 Å². The SMILES string of the molecule is O=C(O)C(O)=CC(=O)c1cccc(OCc2ccc(Cl)c(Cl)c2)c1. The lowest BCUT2D eigenvalue weighted by Crippen LogP contribution is -2.04. The largest absolute Gasteiger partial charge is 0.502 e. The number of hydrogen-bond donors (Lipinski definition) is 2. The molecule has 0 spiro atoms. The molecule has 0 amide bonds. The average Bonchev–Trinajstić information content (AvgIpc) is 2.56. The first-order valence-electron chi connectivity index (χ1n) is 6.72. The maximum atomic E-state index is 11.9. The summed E-state index contributed by atoms with van der Waals surface area (Å²) < 4.78 is 5.58. The van der Waals surface area contributed by atoms with Crippen molar-refractivity contribution in [3.8, 4) is 5.75 Å². The fourth-order valence-electron chi connectivity index (χ4n) is 1.80. The van der Waals surface area contributed by atoms with Gasteiger partial charge in [0.2, 0.25) is 5.76 Å². The lowest BCUT2D eigenvalue weighted by atomic mass is 10.1. The smallest absolute Gasteiger partial charge is 0.371 e. The van der Waals surface area contributed by atoms with Gasteiger partial charge in [-0.2, -0.15) is 0 Å². The van der Waals surface area contributed by atoms with Crippen molar-refractivity contribution in [1.82, 2.24) is 0 Å². The highest BCUT2D eigenvalue weighted by Crippen LogP contribution is 2.23. The molecule has 0 aliphatic carbocycles. The minimum Gasteiger partial charge on any atom is -0.502 e.